The highest BCUT2D eigenvalue weighted by Gasteiger charge is 1.98. The molecule has 0 bridgehead atoms. The zero-order valence-corrected chi connectivity index (χ0v) is 11.2. The molecule has 7 nitrogen and oxygen atoms in total. The molecule has 0 aromatic carbocycles. The molecule has 0 rings (SSSR count). The van der Waals surface area contributed by atoms with Gasteiger partial charge in [0.05, 0.1) is 0 Å². The molecule has 112 valence electrons. The predicted molar refractivity (Wildman–Crippen MR) is 70.4 cm³/mol. The number of unbranched alkanes of at least 4 members (excludes halogenated alkanes) is 4. The summed E-state index contributed by atoms with van der Waals surface area (Å²) >= 11 is 0. The lowest BCUT2D eigenvalue weighted by Crippen LogP contribution is -1.95. The smallest absolute Gasteiger partial charge is 0.303 e. The molecule has 0 radical (unpaired) electrons. The molecule has 0 heterocycles. The number of carboxylic acids is 2. The Bertz CT molecular complexity index is 170. The first-order chi connectivity index (χ1) is 7.54. The van der Waals surface area contributed by atoms with Crippen LogP contribution in [-0.2, 0) is 9.59 Å². The molecule has 18 heavy (non-hydrogen) atoms. The molecule has 0 atom stereocenters. The summed E-state index contributed by atoms with van der Waals surface area (Å²) < 4.78 is 0. The molecular weight excluding hydrogens is 240 g/mol. The third-order valence-electron chi connectivity index (χ3n) is 1.78. The van der Waals surface area contributed by atoms with Gasteiger partial charge in [-0.3, -0.25) is 9.59 Å². The molecule has 0 aromatic heterocycles. The Hall–Kier alpha value is -1.18. The van der Waals surface area contributed by atoms with E-state index in [1.165, 1.54) is 0 Å². The van der Waals surface area contributed by atoms with E-state index in [2.05, 4.69) is 0 Å². The summed E-state index contributed by atoms with van der Waals surface area (Å²) in [4.78, 5) is 20.2. The van der Waals surface area contributed by atoms with Crippen molar-refractivity contribution in [3.8, 4) is 0 Å². The number of aliphatic hydroxyl groups excluding tert-OH is 1. The number of hydrogen-bond acceptors (Lipinski definition) is 5. The van der Waals surface area contributed by atoms with E-state index in [9.17, 15) is 9.59 Å². The summed E-state index contributed by atoms with van der Waals surface area (Å²) in [5.41, 5.74) is 0. The average Bonchev–Trinajstić information content (AvgIpc) is 2.16. The van der Waals surface area contributed by atoms with Gasteiger partial charge in [-0.2, -0.15) is 0 Å². The van der Waals surface area contributed by atoms with E-state index in [-0.39, 0.29) is 31.7 Å². The van der Waals surface area contributed by atoms with Crippen molar-refractivity contribution in [3.63, 3.8) is 0 Å². The van der Waals surface area contributed by atoms with E-state index in [0.29, 0.717) is 12.8 Å². The highest BCUT2D eigenvalue weighted by Crippen LogP contribution is 2.06. The predicted octanol–water partition coefficient (Wildman–Crippen LogP) is 2.21. The Labute approximate surface area is 108 Å². The van der Waals surface area contributed by atoms with Crippen molar-refractivity contribution in [2.24, 2.45) is 0 Å². The fraction of sp³-hybridized carbons (Fsp3) is 0.818. The zero-order chi connectivity index (χ0) is 12.8. The molecular formula is C11H28N2O5. The van der Waals surface area contributed by atoms with Crippen molar-refractivity contribution >= 4 is 11.9 Å². The summed E-state index contributed by atoms with van der Waals surface area (Å²) in [5.74, 6) is -1.52. The van der Waals surface area contributed by atoms with Crippen LogP contribution in [0.3, 0.4) is 0 Å². The Kier molecular flexibility index (Phi) is 30.1. The summed E-state index contributed by atoms with van der Waals surface area (Å²) in [5, 5.41) is 24.2. The van der Waals surface area contributed by atoms with E-state index >= 15 is 0 Å². The van der Waals surface area contributed by atoms with Crippen molar-refractivity contribution < 1.29 is 24.9 Å². The van der Waals surface area contributed by atoms with Gasteiger partial charge < -0.3 is 27.6 Å². The third-order valence-corrected chi connectivity index (χ3v) is 1.78. The van der Waals surface area contributed by atoms with Gasteiger partial charge in [0.1, 0.15) is 0 Å². The minimum absolute atomic E-state index is 0. The maximum Gasteiger partial charge on any atom is 0.303 e. The van der Waals surface area contributed by atoms with Crippen molar-refractivity contribution in [2.75, 3.05) is 6.61 Å². The Morgan fingerprint density at radius 2 is 1.00 bits per heavy atom. The third kappa shape index (κ3) is 36.4. The monoisotopic (exact) mass is 268 g/mol. The van der Waals surface area contributed by atoms with E-state index < -0.39 is 11.9 Å². The largest absolute Gasteiger partial charge is 0.481 e. The van der Waals surface area contributed by atoms with Crippen LogP contribution in [-0.4, -0.2) is 33.9 Å². The Balaban J connectivity index is -0.000000177. The zero-order valence-electron chi connectivity index (χ0n) is 11.2. The molecule has 0 unspecified atom stereocenters. The minimum Gasteiger partial charge on any atom is -0.481 e. The Morgan fingerprint density at radius 1 is 0.778 bits per heavy atom. The lowest BCUT2D eigenvalue weighted by atomic mass is 10.1. The molecule has 0 aliphatic rings. The summed E-state index contributed by atoms with van der Waals surface area (Å²) in [6, 6.07) is 0. The van der Waals surface area contributed by atoms with Crippen molar-refractivity contribution in [1.82, 2.24) is 12.3 Å². The summed E-state index contributed by atoms with van der Waals surface area (Å²) in [6.07, 6.45) is 4.53. The molecule has 0 aliphatic carbocycles. The molecule has 0 fully saturated rings. The van der Waals surface area contributed by atoms with Gasteiger partial charge >= 0.3 is 11.9 Å². The van der Waals surface area contributed by atoms with Gasteiger partial charge in [0.25, 0.3) is 0 Å². The van der Waals surface area contributed by atoms with Crippen LogP contribution in [0.1, 0.15) is 51.9 Å². The number of aliphatic carboxylic acids is 2. The Morgan fingerprint density at radius 3 is 1.22 bits per heavy atom. The number of aliphatic hydroxyl groups is 1. The lowest BCUT2D eigenvalue weighted by Gasteiger charge is -1.97. The number of carboxylic acid groups (broad SMARTS) is 2. The van der Waals surface area contributed by atoms with Crippen LogP contribution in [0.5, 0.6) is 0 Å². The highest BCUT2D eigenvalue weighted by molar-refractivity contribution is 5.66. The SMILES string of the molecule is CCO.N.N.O=C(O)CCCCCCCC(=O)O. The molecule has 9 N–H and O–H groups in total. The maximum atomic E-state index is 10.1. The lowest BCUT2D eigenvalue weighted by molar-refractivity contribution is -0.138. The van der Waals surface area contributed by atoms with Crippen LogP contribution in [0.4, 0.5) is 0 Å². The molecule has 0 amide bonds. The van der Waals surface area contributed by atoms with Crippen LogP contribution in [0, 0.1) is 0 Å². The van der Waals surface area contributed by atoms with E-state index in [0.717, 1.165) is 19.3 Å². The topological polar surface area (TPSA) is 165 Å². The first kappa shape index (κ1) is 25.6. The van der Waals surface area contributed by atoms with Gasteiger partial charge in [0, 0.05) is 19.4 Å². The van der Waals surface area contributed by atoms with Gasteiger partial charge in [0.2, 0.25) is 0 Å². The maximum absolute atomic E-state index is 10.1. The first-order valence-corrected chi connectivity index (χ1v) is 5.59. The van der Waals surface area contributed by atoms with Gasteiger partial charge in [-0.05, 0) is 19.8 Å². The molecule has 0 aliphatic heterocycles. The second-order valence-corrected chi connectivity index (χ2v) is 3.37. The van der Waals surface area contributed by atoms with E-state index in [1.807, 2.05) is 0 Å². The summed E-state index contributed by atoms with van der Waals surface area (Å²) in [7, 11) is 0. The van der Waals surface area contributed by atoms with Crippen LogP contribution in [0.25, 0.3) is 0 Å². The molecule has 0 aromatic rings. The average molecular weight is 268 g/mol. The quantitative estimate of drug-likeness (QED) is 0.421. The fourth-order valence-electron chi connectivity index (χ4n) is 1.08. The number of carbonyl (C=O) groups is 2. The normalized spacial score (nSPS) is 8.11. The second kappa shape index (κ2) is 21.1. The van der Waals surface area contributed by atoms with Gasteiger partial charge in [-0.1, -0.05) is 19.3 Å². The van der Waals surface area contributed by atoms with Crippen molar-refractivity contribution in [2.45, 2.75) is 51.9 Å². The van der Waals surface area contributed by atoms with Crippen molar-refractivity contribution in [1.29, 1.82) is 0 Å². The van der Waals surface area contributed by atoms with Crippen LogP contribution in [0.15, 0.2) is 0 Å². The molecule has 7 heteroatoms. The van der Waals surface area contributed by atoms with E-state index in [1.54, 1.807) is 6.92 Å². The number of rotatable bonds is 8. The molecule has 0 saturated carbocycles. The second-order valence-electron chi connectivity index (χ2n) is 3.37. The van der Waals surface area contributed by atoms with Crippen molar-refractivity contribution in [3.05, 3.63) is 0 Å². The van der Waals surface area contributed by atoms with Gasteiger partial charge in [0.15, 0.2) is 0 Å². The van der Waals surface area contributed by atoms with Crippen LogP contribution in [0.2, 0.25) is 0 Å². The van der Waals surface area contributed by atoms with E-state index in [4.69, 9.17) is 15.3 Å². The molecule has 0 saturated heterocycles. The van der Waals surface area contributed by atoms with Crippen LogP contribution < -0.4 is 12.3 Å². The standard InChI is InChI=1S/C9H16O4.C2H6O.2H3N/c10-8(11)6-4-2-1-3-5-7-9(12)13;1-2-3;;/h1-7H2,(H,10,11)(H,12,13);3H,2H2,1H3;2*1H3. The van der Waals surface area contributed by atoms with Crippen LogP contribution >= 0.6 is 0 Å². The molecule has 0 spiro atoms. The van der Waals surface area contributed by atoms with Gasteiger partial charge in [-0.15, -0.1) is 0 Å². The highest BCUT2D eigenvalue weighted by atomic mass is 16.4. The first-order valence-electron chi connectivity index (χ1n) is 5.59. The minimum atomic E-state index is -0.759. The number of hydrogen-bond donors (Lipinski definition) is 5. The summed E-state index contributed by atoms with van der Waals surface area (Å²) in [6.45, 7) is 1.93. The fourth-order valence-corrected chi connectivity index (χ4v) is 1.08. The van der Waals surface area contributed by atoms with Gasteiger partial charge in [-0.25, -0.2) is 0 Å².